The Morgan fingerprint density at radius 2 is 1.94 bits per heavy atom. The standard InChI is InChI=1S/C14H17BrO2/c1-17-9-6-7-13(15)12(8-9)14(16)10-4-2-3-5-11(10)14/h6-8,10-11,16H,2-5H2,1H3. The van der Waals surface area contributed by atoms with Crippen molar-refractivity contribution in [2.75, 3.05) is 7.11 Å². The topological polar surface area (TPSA) is 29.5 Å². The molecule has 1 aromatic rings. The molecule has 2 saturated carbocycles. The number of halogens is 1. The van der Waals surface area contributed by atoms with Crippen molar-refractivity contribution in [1.82, 2.24) is 0 Å². The normalized spacial score (nSPS) is 35.2. The molecule has 0 saturated heterocycles. The first-order chi connectivity index (χ1) is 8.17. The Kier molecular flexibility index (Phi) is 2.71. The van der Waals surface area contributed by atoms with Crippen molar-refractivity contribution in [2.45, 2.75) is 31.3 Å². The number of ether oxygens (including phenoxy) is 1. The van der Waals surface area contributed by atoms with E-state index in [1.54, 1.807) is 7.11 Å². The number of benzene rings is 1. The predicted octanol–water partition coefficient (Wildman–Crippen LogP) is 3.47. The van der Waals surface area contributed by atoms with Gasteiger partial charge >= 0.3 is 0 Å². The Bertz CT molecular complexity index is 432. The van der Waals surface area contributed by atoms with Crippen LogP contribution in [-0.2, 0) is 5.60 Å². The van der Waals surface area contributed by atoms with Crippen LogP contribution in [-0.4, -0.2) is 12.2 Å². The maximum Gasteiger partial charge on any atom is 0.119 e. The molecule has 1 aromatic carbocycles. The molecule has 0 radical (unpaired) electrons. The third-order valence-electron chi connectivity index (χ3n) is 4.39. The van der Waals surface area contributed by atoms with Crippen LogP contribution in [0, 0.1) is 11.8 Å². The maximum absolute atomic E-state index is 10.9. The summed E-state index contributed by atoms with van der Waals surface area (Å²) in [5, 5.41) is 10.9. The summed E-state index contributed by atoms with van der Waals surface area (Å²) in [4.78, 5) is 0. The quantitative estimate of drug-likeness (QED) is 0.906. The summed E-state index contributed by atoms with van der Waals surface area (Å²) in [5.41, 5.74) is 0.401. The van der Waals surface area contributed by atoms with E-state index in [4.69, 9.17) is 4.74 Å². The monoisotopic (exact) mass is 296 g/mol. The Morgan fingerprint density at radius 1 is 1.29 bits per heavy atom. The predicted molar refractivity (Wildman–Crippen MR) is 70.0 cm³/mol. The minimum Gasteiger partial charge on any atom is -0.497 e. The van der Waals surface area contributed by atoms with Crippen LogP contribution < -0.4 is 4.74 Å². The van der Waals surface area contributed by atoms with Crippen LogP contribution in [0.15, 0.2) is 22.7 Å². The van der Waals surface area contributed by atoms with E-state index in [0.29, 0.717) is 11.8 Å². The highest BCUT2D eigenvalue weighted by atomic mass is 79.9. The van der Waals surface area contributed by atoms with Gasteiger partial charge in [-0.2, -0.15) is 0 Å². The average Bonchev–Trinajstić information content (AvgIpc) is 2.98. The van der Waals surface area contributed by atoms with Gasteiger partial charge in [-0.05, 0) is 42.9 Å². The number of hydrogen-bond acceptors (Lipinski definition) is 2. The van der Waals surface area contributed by atoms with Gasteiger partial charge in [0.2, 0.25) is 0 Å². The van der Waals surface area contributed by atoms with Crippen molar-refractivity contribution in [2.24, 2.45) is 11.8 Å². The molecule has 2 nitrogen and oxygen atoms in total. The maximum atomic E-state index is 10.9. The van der Waals surface area contributed by atoms with Gasteiger partial charge in [0, 0.05) is 10.0 Å². The molecule has 92 valence electrons. The minimum absolute atomic E-state index is 0.458. The highest BCUT2D eigenvalue weighted by molar-refractivity contribution is 9.10. The molecule has 2 fully saturated rings. The van der Waals surface area contributed by atoms with Crippen LogP contribution in [0.1, 0.15) is 31.2 Å². The molecule has 0 heterocycles. The van der Waals surface area contributed by atoms with Crippen molar-refractivity contribution in [3.8, 4) is 5.75 Å². The smallest absolute Gasteiger partial charge is 0.119 e. The fourth-order valence-electron chi connectivity index (χ4n) is 3.43. The number of fused-ring (bicyclic) bond motifs is 1. The molecule has 3 heteroatoms. The first-order valence-corrected chi connectivity index (χ1v) is 7.03. The molecular formula is C14H17BrO2. The largest absolute Gasteiger partial charge is 0.497 e. The molecular weight excluding hydrogens is 280 g/mol. The third-order valence-corrected chi connectivity index (χ3v) is 5.08. The van der Waals surface area contributed by atoms with Gasteiger partial charge in [-0.1, -0.05) is 28.8 Å². The van der Waals surface area contributed by atoms with Crippen LogP contribution in [0.25, 0.3) is 0 Å². The summed E-state index contributed by atoms with van der Waals surface area (Å²) in [6, 6.07) is 5.86. The fourth-order valence-corrected chi connectivity index (χ4v) is 3.99. The number of methoxy groups -OCH3 is 1. The van der Waals surface area contributed by atoms with Gasteiger partial charge < -0.3 is 9.84 Å². The third kappa shape index (κ3) is 1.63. The van der Waals surface area contributed by atoms with E-state index in [2.05, 4.69) is 15.9 Å². The molecule has 0 spiro atoms. The van der Waals surface area contributed by atoms with Crippen LogP contribution in [0.5, 0.6) is 5.75 Å². The van der Waals surface area contributed by atoms with Gasteiger partial charge in [0.1, 0.15) is 5.75 Å². The molecule has 0 bridgehead atoms. The highest BCUT2D eigenvalue weighted by Gasteiger charge is 2.65. The van der Waals surface area contributed by atoms with Crippen LogP contribution in [0.3, 0.4) is 0 Å². The van der Waals surface area contributed by atoms with Crippen LogP contribution in [0.4, 0.5) is 0 Å². The molecule has 0 aliphatic heterocycles. The highest BCUT2D eigenvalue weighted by Crippen LogP contribution is 2.65. The lowest BCUT2D eigenvalue weighted by molar-refractivity contribution is 0.117. The molecule has 0 amide bonds. The summed E-state index contributed by atoms with van der Waals surface area (Å²) < 4.78 is 6.25. The molecule has 2 aliphatic carbocycles. The summed E-state index contributed by atoms with van der Waals surface area (Å²) in [7, 11) is 1.66. The van der Waals surface area contributed by atoms with E-state index in [1.807, 2.05) is 18.2 Å². The lowest BCUT2D eigenvalue weighted by Crippen LogP contribution is -2.11. The Morgan fingerprint density at radius 3 is 2.53 bits per heavy atom. The first-order valence-electron chi connectivity index (χ1n) is 6.24. The second-order valence-corrected chi connectivity index (χ2v) is 6.02. The Balaban J connectivity index is 1.99. The molecule has 1 N–H and O–H groups in total. The molecule has 17 heavy (non-hydrogen) atoms. The van der Waals surface area contributed by atoms with Crippen LogP contribution >= 0.6 is 15.9 Å². The molecule has 2 aliphatic rings. The van der Waals surface area contributed by atoms with Gasteiger partial charge in [-0.25, -0.2) is 0 Å². The summed E-state index contributed by atoms with van der Waals surface area (Å²) in [5.74, 6) is 1.74. The van der Waals surface area contributed by atoms with Gasteiger partial charge in [-0.15, -0.1) is 0 Å². The second kappa shape index (κ2) is 3.99. The molecule has 2 atom stereocenters. The Labute approximate surface area is 110 Å². The van der Waals surface area contributed by atoms with Crippen molar-refractivity contribution in [3.63, 3.8) is 0 Å². The Hall–Kier alpha value is -0.540. The van der Waals surface area contributed by atoms with E-state index in [9.17, 15) is 5.11 Å². The van der Waals surface area contributed by atoms with Crippen molar-refractivity contribution < 1.29 is 9.84 Å². The SMILES string of the molecule is COc1ccc(Br)c(C2(O)C3CCCCC32)c1. The zero-order valence-electron chi connectivity index (χ0n) is 9.95. The van der Waals surface area contributed by atoms with Crippen molar-refractivity contribution in [3.05, 3.63) is 28.2 Å². The van der Waals surface area contributed by atoms with E-state index < -0.39 is 5.60 Å². The van der Waals surface area contributed by atoms with Gasteiger partial charge in [0.05, 0.1) is 12.7 Å². The zero-order valence-corrected chi connectivity index (χ0v) is 11.5. The van der Waals surface area contributed by atoms with E-state index in [0.717, 1.165) is 28.6 Å². The van der Waals surface area contributed by atoms with Gasteiger partial charge in [0.15, 0.2) is 0 Å². The van der Waals surface area contributed by atoms with Crippen LogP contribution in [0.2, 0.25) is 0 Å². The van der Waals surface area contributed by atoms with E-state index in [1.165, 1.54) is 12.8 Å². The van der Waals surface area contributed by atoms with E-state index >= 15 is 0 Å². The van der Waals surface area contributed by atoms with E-state index in [-0.39, 0.29) is 0 Å². The van der Waals surface area contributed by atoms with Crippen molar-refractivity contribution in [1.29, 1.82) is 0 Å². The van der Waals surface area contributed by atoms with Gasteiger partial charge in [0.25, 0.3) is 0 Å². The summed E-state index contributed by atoms with van der Waals surface area (Å²) >= 11 is 3.55. The fraction of sp³-hybridized carbons (Fsp3) is 0.571. The summed E-state index contributed by atoms with van der Waals surface area (Å²) in [6.07, 6.45) is 4.83. The minimum atomic E-state index is -0.607. The lowest BCUT2D eigenvalue weighted by atomic mass is 10.0. The second-order valence-electron chi connectivity index (χ2n) is 5.17. The lowest BCUT2D eigenvalue weighted by Gasteiger charge is -2.14. The number of aliphatic hydroxyl groups is 1. The number of rotatable bonds is 2. The zero-order chi connectivity index (χ0) is 12.0. The van der Waals surface area contributed by atoms with Crippen molar-refractivity contribution >= 4 is 15.9 Å². The molecule has 0 aromatic heterocycles. The summed E-state index contributed by atoms with van der Waals surface area (Å²) in [6.45, 7) is 0. The average molecular weight is 297 g/mol. The molecule has 3 rings (SSSR count). The number of hydrogen-bond donors (Lipinski definition) is 1. The molecule has 2 unspecified atom stereocenters. The van der Waals surface area contributed by atoms with Gasteiger partial charge in [-0.3, -0.25) is 0 Å². The first kappa shape index (κ1) is 11.5.